The second kappa shape index (κ2) is 6.75. The lowest BCUT2D eigenvalue weighted by molar-refractivity contribution is 0.0956. The zero-order valence-electron chi connectivity index (χ0n) is 13.4. The van der Waals surface area contributed by atoms with Crippen LogP contribution < -0.4 is 5.69 Å². The fourth-order valence-electron chi connectivity index (χ4n) is 2.31. The van der Waals surface area contributed by atoms with Gasteiger partial charge in [0.15, 0.2) is 0 Å². The summed E-state index contributed by atoms with van der Waals surface area (Å²) in [5, 5.41) is 0.391. The molecule has 3 aromatic rings. The number of carbonyl (C=O) groups is 1. The minimum atomic E-state index is -4.12. The lowest BCUT2D eigenvalue weighted by Crippen LogP contribution is -2.32. The van der Waals surface area contributed by atoms with E-state index in [1.165, 1.54) is 30.3 Å². The molecule has 3 rings (SSSR count). The van der Waals surface area contributed by atoms with Crippen molar-refractivity contribution in [2.45, 2.75) is 11.8 Å². The van der Waals surface area contributed by atoms with Gasteiger partial charge in [-0.1, -0.05) is 40.9 Å². The molecule has 0 radical (unpaired) electrons. The Hall–Kier alpha value is -2.35. The highest BCUT2D eigenvalue weighted by Crippen LogP contribution is 2.21. The maximum atomic E-state index is 12.6. The van der Waals surface area contributed by atoms with Crippen molar-refractivity contribution in [1.29, 1.82) is 0 Å². The summed E-state index contributed by atoms with van der Waals surface area (Å²) in [6.45, 7) is 1.81. The Bertz CT molecular complexity index is 1160. The fourth-order valence-corrected chi connectivity index (χ4v) is 4.02. The second-order valence-electron chi connectivity index (χ2n) is 5.49. The molecule has 9 heteroatoms. The van der Waals surface area contributed by atoms with Crippen molar-refractivity contribution in [3.05, 3.63) is 86.5 Å². The van der Waals surface area contributed by atoms with Crippen LogP contribution in [0.4, 0.5) is 0 Å². The first kappa shape index (κ1) is 18.4. The number of hydrogen-bond donors (Lipinski definition) is 0. The largest absolute Gasteiger partial charge is 0.349 e. The summed E-state index contributed by atoms with van der Waals surface area (Å²) in [6.07, 6.45) is 2.11. The number of aromatic nitrogens is 2. The summed E-state index contributed by atoms with van der Waals surface area (Å²) in [7, 11) is -4.12. The van der Waals surface area contributed by atoms with Gasteiger partial charge in [0, 0.05) is 17.4 Å². The number of hydrogen-bond acceptors (Lipinski definition) is 4. The van der Waals surface area contributed by atoms with E-state index >= 15 is 0 Å². The van der Waals surface area contributed by atoms with Gasteiger partial charge < -0.3 is 0 Å². The van der Waals surface area contributed by atoms with E-state index in [0.717, 1.165) is 18.0 Å². The first-order chi connectivity index (χ1) is 12.2. The van der Waals surface area contributed by atoms with E-state index in [1.54, 1.807) is 12.1 Å². The molecule has 0 unspecified atom stereocenters. The van der Waals surface area contributed by atoms with E-state index in [-0.39, 0.29) is 15.5 Å². The molecule has 1 heterocycles. The fraction of sp³-hybridized carbons (Fsp3) is 0.0588. The third-order valence-electron chi connectivity index (χ3n) is 3.70. The third-order valence-corrected chi connectivity index (χ3v) is 5.92. The van der Waals surface area contributed by atoms with Gasteiger partial charge in [0.2, 0.25) is 0 Å². The van der Waals surface area contributed by atoms with Crippen molar-refractivity contribution in [3.63, 3.8) is 0 Å². The van der Waals surface area contributed by atoms with Crippen molar-refractivity contribution in [2.24, 2.45) is 0 Å². The Morgan fingerprint density at radius 3 is 2.27 bits per heavy atom. The molecule has 0 aliphatic rings. The average molecular weight is 411 g/mol. The molecule has 134 valence electrons. The molecule has 0 amide bonds. The van der Waals surface area contributed by atoms with Gasteiger partial charge in [-0.3, -0.25) is 4.79 Å². The van der Waals surface area contributed by atoms with E-state index in [0.29, 0.717) is 13.6 Å². The van der Waals surface area contributed by atoms with Crippen molar-refractivity contribution in [3.8, 4) is 0 Å². The SMILES string of the molecule is Cc1ccc(S(=O)(=O)n2ccn(C(=O)c3ccc(Cl)cc3Cl)c2=O)cc1. The molecular weight excluding hydrogens is 399 g/mol. The minimum Gasteiger partial charge on any atom is -0.268 e. The Labute approximate surface area is 159 Å². The highest BCUT2D eigenvalue weighted by Gasteiger charge is 2.23. The summed E-state index contributed by atoms with van der Waals surface area (Å²) >= 11 is 11.8. The summed E-state index contributed by atoms with van der Waals surface area (Å²) in [5.74, 6) is -0.755. The Kier molecular flexibility index (Phi) is 4.79. The van der Waals surface area contributed by atoms with Crippen LogP contribution in [0.15, 0.2) is 64.5 Å². The quantitative estimate of drug-likeness (QED) is 0.663. The van der Waals surface area contributed by atoms with Gasteiger partial charge >= 0.3 is 5.69 Å². The number of benzene rings is 2. The van der Waals surface area contributed by atoms with Gasteiger partial charge in [0.1, 0.15) is 0 Å². The molecule has 1 aromatic heterocycles. The zero-order chi connectivity index (χ0) is 19.1. The monoisotopic (exact) mass is 410 g/mol. The molecule has 0 aliphatic heterocycles. The lowest BCUT2D eigenvalue weighted by atomic mass is 10.2. The van der Waals surface area contributed by atoms with Crippen molar-refractivity contribution < 1.29 is 13.2 Å². The summed E-state index contributed by atoms with van der Waals surface area (Å²) in [5.41, 5.74) is -0.105. The molecule has 0 spiro atoms. The Balaban J connectivity index is 2.07. The van der Waals surface area contributed by atoms with Crippen LogP contribution in [0.3, 0.4) is 0 Å². The van der Waals surface area contributed by atoms with Gasteiger partial charge in [-0.2, -0.15) is 3.97 Å². The average Bonchev–Trinajstić information content (AvgIpc) is 2.97. The molecule has 0 saturated heterocycles. The number of carbonyl (C=O) groups excluding carboxylic acids is 1. The zero-order valence-corrected chi connectivity index (χ0v) is 15.7. The molecule has 0 fully saturated rings. The standard InChI is InChI=1S/C17H12Cl2N2O4S/c1-11-2-5-13(6-3-11)26(24,25)21-9-8-20(17(21)23)16(22)14-7-4-12(18)10-15(14)19/h2-10H,1H3. The van der Waals surface area contributed by atoms with E-state index in [2.05, 4.69) is 0 Å². The van der Waals surface area contributed by atoms with Gasteiger partial charge in [0.05, 0.1) is 15.5 Å². The molecule has 0 bridgehead atoms. The summed E-state index contributed by atoms with van der Waals surface area (Å²) in [6, 6.07) is 10.2. The van der Waals surface area contributed by atoms with Crippen molar-refractivity contribution >= 4 is 39.1 Å². The Morgan fingerprint density at radius 2 is 1.65 bits per heavy atom. The first-order valence-electron chi connectivity index (χ1n) is 7.34. The molecule has 0 N–H and O–H groups in total. The van der Waals surface area contributed by atoms with Gasteiger partial charge in [-0.05, 0) is 37.3 Å². The highest BCUT2D eigenvalue weighted by atomic mass is 35.5. The minimum absolute atomic E-state index is 0.0312. The number of nitrogens with zero attached hydrogens (tertiary/aromatic N) is 2. The molecule has 2 aromatic carbocycles. The van der Waals surface area contributed by atoms with Crippen molar-refractivity contribution in [2.75, 3.05) is 0 Å². The van der Waals surface area contributed by atoms with Crippen LogP contribution in [0.1, 0.15) is 15.9 Å². The molecular formula is C17H12Cl2N2O4S. The smallest absolute Gasteiger partial charge is 0.268 e. The van der Waals surface area contributed by atoms with Crippen LogP contribution in [-0.4, -0.2) is 22.9 Å². The first-order valence-corrected chi connectivity index (χ1v) is 9.53. The highest BCUT2D eigenvalue weighted by molar-refractivity contribution is 7.90. The van der Waals surface area contributed by atoms with Crippen LogP contribution in [0.2, 0.25) is 10.0 Å². The van der Waals surface area contributed by atoms with Crippen molar-refractivity contribution in [1.82, 2.24) is 8.54 Å². The predicted octanol–water partition coefficient (Wildman–Crippen LogP) is 3.19. The van der Waals surface area contributed by atoms with E-state index in [9.17, 15) is 18.0 Å². The maximum absolute atomic E-state index is 12.6. The van der Waals surface area contributed by atoms with E-state index in [4.69, 9.17) is 23.2 Å². The number of rotatable bonds is 3. The third kappa shape index (κ3) is 3.21. The second-order valence-corrected chi connectivity index (χ2v) is 8.15. The van der Waals surface area contributed by atoms with Crippen LogP contribution in [0, 0.1) is 6.92 Å². The number of halogens is 2. The Morgan fingerprint density at radius 1 is 1.00 bits per heavy atom. The molecule has 0 saturated carbocycles. The normalized spacial score (nSPS) is 11.5. The number of aryl methyl sites for hydroxylation is 1. The molecule has 26 heavy (non-hydrogen) atoms. The summed E-state index contributed by atoms with van der Waals surface area (Å²) < 4.78 is 26.5. The van der Waals surface area contributed by atoms with Gasteiger partial charge in [0.25, 0.3) is 15.9 Å². The van der Waals surface area contributed by atoms with Crippen LogP contribution in [-0.2, 0) is 10.0 Å². The maximum Gasteiger partial charge on any atom is 0.349 e. The number of imidazole rings is 1. The van der Waals surface area contributed by atoms with E-state index < -0.39 is 21.6 Å². The van der Waals surface area contributed by atoms with Gasteiger partial charge in [-0.25, -0.2) is 17.8 Å². The van der Waals surface area contributed by atoms with Crippen LogP contribution in [0.25, 0.3) is 0 Å². The molecule has 6 nitrogen and oxygen atoms in total. The lowest BCUT2D eigenvalue weighted by Gasteiger charge is -2.06. The van der Waals surface area contributed by atoms with Crippen LogP contribution in [0.5, 0.6) is 0 Å². The molecule has 0 aliphatic carbocycles. The predicted molar refractivity (Wildman–Crippen MR) is 98.6 cm³/mol. The topological polar surface area (TPSA) is 78.1 Å². The molecule has 0 atom stereocenters. The summed E-state index contributed by atoms with van der Waals surface area (Å²) in [4.78, 5) is 25.0. The van der Waals surface area contributed by atoms with Gasteiger partial charge in [-0.15, -0.1) is 0 Å². The van der Waals surface area contributed by atoms with Crippen LogP contribution >= 0.6 is 23.2 Å². The van der Waals surface area contributed by atoms with E-state index in [1.807, 2.05) is 6.92 Å².